The van der Waals surface area contributed by atoms with Crippen molar-refractivity contribution in [2.75, 3.05) is 39.4 Å². The average molecular weight is 347 g/mol. The van der Waals surface area contributed by atoms with E-state index in [2.05, 4.69) is 43.1 Å². The largest absolute Gasteiger partial charge is 0.486 e. The number of aliphatic hydroxyl groups is 1. The number of benzene rings is 1. The molecule has 2 aliphatic heterocycles. The molecule has 1 aromatic rings. The minimum Gasteiger partial charge on any atom is -0.486 e. The lowest BCUT2D eigenvalue weighted by Gasteiger charge is -2.27. The number of fused-ring (bicyclic) bond motifs is 1. The normalized spacial score (nSPS) is 20.7. The lowest BCUT2D eigenvalue weighted by Crippen LogP contribution is -2.41. The van der Waals surface area contributed by atoms with Gasteiger partial charge in [-0.1, -0.05) is 19.9 Å². The van der Waals surface area contributed by atoms with Crippen molar-refractivity contribution in [1.82, 2.24) is 10.2 Å². The molecule has 2 N–H and O–H groups in total. The van der Waals surface area contributed by atoms with Crippen molar-refractivity contribution in [2.45, 2.75) is 38.7 Å². The first-order valence-corrected chi connectivity index (χ1v) is 9.11. The number of hydrogen-bond donors (Lipinski definition) is 2. The van der Waals surface area contributed by atoms with E-state index >= 15 is 0 Å². The van der Waals surface area contributed by atoms with E-state index in [-0.39, 0.29) is 11.5 Å². The second kappa shape index (κ2) is 7.52. The molecule has 1 fully saturated rings. The zero-order valence-corrected chi connectivity index (χ0v) is 15.4. The Kier molecular flexibility index (Phi) is 5.37. The Hall–Kier alpha value is -1.95. The Balaban J connectivity index is 1.74. The molecule has 0 aromatic heterocycles. The van der Waals surface area contributed by atoms with E-state index in [9.17, 15) is 5.11 Å². The molecular formula is C19H29N3O3. The summed E-state index contributed by atoms with van der Waals surface area (Å²) in [4.78, 5) is 6.97. The summed E-state index contributed by atoms with van der Waals surface area (Å²) in [6.07, 6.45) is 0.547. The topological polar surface area (TPSA) is 66.3 Å². The van der Waals surface area contributed by atoms with E-state index in [0.717, 1.165) is 37.0 Å². The maximum absolute atomic E-state index is 9.79. The van der Waals surface area contributed by atoms with Gasteiger partial charge in [-0.3, -0.25) is 4.99 Å². The number of aliphatic hydroxyl groups excluding tert-OH is 1. The highest BCUT2D eigenvalue weighted by atomic mass is 16.6. The van der Waals surface area contributed by atoms with Crippen LogP contribution in [0.15, 0.2) is 23.2 Å². The lowest BCUT2D eigenvalue weighted by atomic mass is 9.84. The van der Waals surface area contributed by atoms with Crippen LogP contribution in [0.5, 0.6) is 11.5 Å². The third-order valence-corrected chi connectivity index (χ3v) is 4.75. The summed E-state index contributed by atoms with van der Waals surface area (Å²) in [5.74, 6) is 2.51. The van der Waals surface area contributed by atoms with Gasteiger partial charge in [0.2, 0.25) is 0 Å². The molecule has 138 valence electrons. The van der Waals surface area contributed by atoms with Gasteiger partial charge in [0.1, 0.15) is 13.2 Å². The molecule has 3 rings (SSSR count). The summed E-state index contributed by atoms with van der Waals surface area (Å²) < 4.78 is 11.3. The summed E-state index contributed by atoms with van der Waals surface area (Å²) in [5, 5.41) is 13.1. The Labute approximate surface area is 149 Å². The summed E-state index contributed by atoms with van der Waals surface area (Å²) in [5.41, 5.74) is 1.05. The quantitative estimate of drug-likeness (QED) is 0.642. The molecule has 0 saturated carbocycles. The van der Waals surface area contributed by atoms with Crippen LogP contribution in [0.4, 0.5) is 0 Å². The monoisotopic (exact) mass is 347 g/mol. The minimum atomic E-state index is -0.255. The number of β-amino-alcohol motifs (C(OH)–C–C–N with tert-alkyl or cyclic N) is 1. The van der Waals surface area contributed by atoms with Gasteiger partial charge in [-0.2, -0.15) is 0 Å². The van der Waals surface area contributed by atoms with E-state index in [0.29, 0.717) is 26.3 Å². The first kappa shape index (κ1) is 17.9. The highest BCUT2D eigenvalue weighted by Crippen LogP contribution is 2.35. The second-order valence-corrected chi connectivity index (χ2v) is 7.30. The highest BCUT2D eigenvalue weighted by molar-refractivity contribution is 5.80. The van der Waals surface area contributed by atoms with E-state index in [1.54, 1.807) is 0 Å². The predicted molar refractivity (Wildman–Crippen MR) is 98.6 cm³/mol. The van der Waals surface area contributed by atoms with Crippen LogP contribution < -0.4 is 14.8 Å². The Bertz CT molecular complexity index is 630. The molecule has 0 aliphatic carbocycles. The zero-order valence-electron chi connectivity index (χ0n) is 15.4. The first-order valence-electron chi connectivity index (χ1n) is 9.11. The van der Waals surface area contributed by atoms with Crippen molar-refractivity contribution in [3.8, 4) is 11.5 Å². The van der Waals surface area contributed by atoms with Crippen LogP contribution >= 0.6 is 0 Å². The summed E-state index contributed by atoms with van der Waals surface area (Å²) >= 11 is 0. The van der Waals surface area contributed by atoms with Crippen LogP contribution in [0.3, 0.4) is 0 Å². The number of nitrogens with one attached hydrogen (secondary N) is 1. The fourth-order valence-electron chi connectivity index (χ4n) is 3.19. The maximum atomic E-state index is 9.79. The predicted octanol–water partition coefficient (Wildman–Crippen LogP) is 1.77. The van der Waals surface area contributed by atoms with Crippen LogP contribution in [-0.4, -0.2) is 61.5 Å². The minimum absolute atomic E-state index is 0.130. The molecule has 25 heavy (non-hydrogen) atoms. The fourth-order valence-corrected chi connectivity index (χ4v) is 3.19. The van der Waals surface area contributed by atoms with E-state index in [4.69, 9.17) is 14.5 Å². The molecule has 6 nitrogen and oxygen atoms in total. The number of hydrogen-bond acceptors (Lipinski definition) is 4. The van der Waals surface area contributed by atoms with Crippen LogP contribution in [0.2, 0.25) is 0 Å². The summed E-state index contributed by atoms with van der Waals surface area (Å²) in [6, 6.07) is 6.14. The zero-order chi connectivity index (χ0) is 17.9. The lowest BCUT2D eigenvalue weighted by molar-refractivity contribution is 0.171. The number of nitrogens with zero attached hydrogens (tertiary/aromatic N) is 2. The molecule has 0 bridgehead atoms. The molecule has 0 radical (unpaired) electrons. The van der Waals surface area contributed by atoms with Crippen molar-refractivity contribution in [3.05, 3.63) is 23.8 Å². The Morgan fingerprint density at radius 1 is 1.32 bits per heavy atom. The van der Waals surface area contributed by atoms with E-state index < -0.39 is 0 Å². The summed E-state index contributed by atoms with van der Waals surface area (Å²) in [7, 11) is 0. The third-order valence-electron chi connectivity index (χ3n) is 4.75. The fraction of sp³-hybridized carbons (Fsp3) is 0.632. The van der Waals surface area contributed by atoms with Gasteiger partial charge in [0.15, 0.2) is 17.5 Å². The summed E-state index contributed by atoms with van der Waals surface area (Å²) in [6.45, 7) is 10.6. The Morgan fingerprint density at radius 3 is 2.76 bits per heavy atom. The molecule has 0 unspecified atom stereocenters. The van der Waals surface area contributed by atoms with Crippen molar-refractivity contribution < 1.29 is 14.6 Å². The first-order chi connectivity index (χ1) is 12.0. The van der Waals surface area contributed by atoms with Crippen LogP contribution in [0, 0.1) is 0 Å². The van der Waals surface area contributed by atoms with Gasteiger partial charge in [0.05, 0.1) is 12.6 Å². The molecule has 0 spiro atoms. The average Bonchev–Trinajstić information content (AvgIpc) is 3.04. The van der Waals surface area contributed by atoms with Crippen LogP contribution in [0.1, 0.15) is 32.8 Å². The van der Waals surface area contributed by atoms with Gasteiger partial charge < -0.3 is 24.8 Å². The smallest absolute Gasteiger partial charge is 0.194 e. The number of ether oxygens (including phenoxy) is 2. The van der Waals surface area contributed by atoms with Crippen molar-refractivity contribution in [1.29, 1.82) is 0 Å². The van der Waals surface area contributed by atoms with E-state index in [1.165, 1.54) is 5.56 Å². The van der Waals surface area contributed by atoms with Crippen LogP contribution in [0.25, 0.3) is 0 Å². The van der Waals surface area contributed by atoms with Crippen molar-refractivity contribution in [3.63, 3.8) is 0 Å². The van der Waals surface area contributed by atoms with Gasteiger partial charge in [0.25, 0.3) is 0 Å². The van der Waals surface area contributed by atoms with Gasteiger partial charge in [-0.15, -0.1) is 0 Å². The molecule has 1 aromatic carbocycles. The number of likely N-dealkylation sites (tertiary alicyclic amines) is 1. The van der Waals surface area contributed by atoms with Crippen molar-refractivity contribution >= 4 is 5.96 Å². The van der Waals surface area contributed by atoms with Gasteiger partial charge >= 0.3 is 0 Å². The molecule has 2 heterocycles. The standard InChI is InChI=1S/C19H29N3O3/c1-4-20-18(22-8-7-15(23)12-22)21-13-19(2,3)14-5-6-16-17(11-14)25-10-9-24-16/h5-6,11,15,23H,4,7-10,12-13H2,1-3H3,(H,20,21)/t15-/m1/s1. The van der Waals surface area contributed by atoms with Gasteiger partial charge in [-0.25, -0.2) is 0 Å². The second-order valence-electron chi connectivity index (χ2n) is 7.30. The SMILES string of the molecule is CCNC(=NCC(C)(C)c1ccc2c(c1)OCCO2)N1CC[C@@H](O)C1. The van der Waals surface area contributed by atoms with E-state index in [1.807, 2.05) is 6.07 Å². The van der Waals surface area contributed by atoms with Crippen LogP contribution in [-0.2, 0) is 5.41 Å². The molecule has 2 aliphatic rings. The Morgan fingerprint density at radius 2 is 2.08 bits per heavy atom. The number of rotatable bonds is 4. The number of aliphatic imine (C=N–C) groups is 1. The van der Waals surface area contributed by atoms with Gasteiger partial charge in [-0.05, 0) is 31.0 Å². The van der Waals surface area contributed by atoms with Gasteiger partial charge in [0, 0.05) is 25.0 Å². The maximum Gasteiger partial charge on any atom is 0.194 e. The third kappa shape index (κ3) is 4.18. The molecular weight excluding hydrogens is 318 g/mol. The number of guanidine groups is 1. The highest BCUT2D eigenvalue weighted by Gasteiger charge is 2.26. The molecule has 6 heteroatoms. The molecule has 0 amide bonds. The van der Waals surface area contributed by atoms with Crippen molar-refractivity contribution in [2.24, 2.45) is 4.99 Å². The molecule has 1 atom stereocenters. The molecule has 1 saturated heterocycles.